The summed E-state index contributed by atoms with van der Waals surface area (Å²) in [5, 5.41) is 10.9. The Hall–Kier alpha value is -3.93. The molecule has 0 radical (unpaired) electrons. The van der Waals surface area contributed by atoms with Crippen LogP contribution in [-0.2, 0) is 12.0 Å². The summed E-state index contributed by atoms with van der Waals surface area (Å²) < 4.78 is 8.15. The number of nitrogens with zero attached hydrogens (tertiary/aromatic N) is 4. The minimum atomic E-state index is -0.00450. The second-order valence-corrected chi connectivity index (χ2v) is 9.43. The quantitative estimate of drug-likeness (QED) is 0.332. The number of hydrogen-bond acceptors (Lipinski definition) is 4. The number of para-hydroxylation sites is 1. The number of benzene rings is 3. The summed E-state index contributed by atoms with van der Waals surface area (Å²) in [6.45, 7) is 9.97. The molecular weight excluding hydrogens is 422 g/mol. The Morgan fingerprint density at radius 1 is 0.912 bits per heavy atom. The standard InChI is InChI=1S/C28H29N5O/c1-5-34-27-30-24-12-8-11-23(28(2,3)4)26(24)33(27)18-19-13-15-20(16-14-19)21-9-6-7-10-22(21)25-17-29-32-31-25/h6-17H,5,18H2,1-4H3,(H,29,31,32). The number of imidazole rings is 1. The van der Waals surface area contributed by atoms with Crippen molar-refractivity contribution < 1.29 is 4.74 Å². The van der Waals surface area contributed by atoms with Gasteiger partial charge in [0, 0.05) is 5.56 Å². The van der Waals surface area contributed by atoms with Crippen molar-refractivity contribution >= 4 is 11.0 Å². The Balaban J connectivity index is 1.53. The average Bonchev–Trinajstić information content (AvgIpc) is 3.48. The topological polar surface area (TPSA) is 68.6 Å². The van der Waals surface area contributed by atoms with Crippen LogP contribution in [0.5, 0.6) is 6.01 Å². The van der Waals surface area contributed by atoms with Gasteiger partial charge < -0.3 is 4.74 Å². The Morgan fingerprint density at radius 3 is 2.35 bits per heavy atom. The van der Waals surface area contributed by atoms with Crippen LogP contribution in [0.1, 0.15) is 38.8 Å². The van der Waals surface area contributed by atoms with Gasteiger partial charge in [-0.1, -0.05) is 81.4 Å². The van der Waals surface area contributed by atoms with E-state index in [0.29, 0.717) is 19.2 Å². The summed E-state index contributed by atoms with van der Waals surface area (Å²) >= 11 is 0. The highest BCUT2D eigenvalue weighted by atomic mass is 16.5. The van der Waals surface area contributed by atoms with E-state index in [-0.39, 0.29) is 5.41 Å². The van der Waals surface area contributed by atoms with Crippen LogP contribution in [-0.4, -0.2) is 31.6 Å². The van der Waals surface area contributed by atoms with Crippen LogP contribution in [0.15, 0.2) is 72.9 Å². The highest BCUT2D eigenvalue weighted by Gasteiger charge is 2.22. The molecule has 0 spiro atoms. The summed E-state index contributed by atoms with van der Waals surface area (Å²) in [6.07, 6.45) is 1.75. The Bertz CT molecular complexity index is 1410. The van der Waals surface area contributed by atoms with E-state index in [1.54, 1.807) is 6.20 Å². The van der Waals surface area contributed by atoms with Crippen molar-refractivity contribution in [3.8, 4) is 28.4 Å². The number of aromatic nitrogens is 5. The first-order chi connectivity index (χ1) is 16.5. The van der Waals surface area contributed by atoms with Crippen LogP contribution in [0.2, 0.25) is 0 Å². The van der Waals surface area contributed by atoms with Crippen molar-refractivity contribution in [2.75, 3.05) is 6.61 Å². The van der Waals surface area contributed by atoms with Gasteiger partial charge in [0.25, 0.3) is 6.01 Å². The fourth-order valence-corrected chi connectivity index (χ4v) is 4.42. The van der Waals surface area contributed by atoms with Crippen molar-refractivity contribution in [3.05, 3.63) is 84.1 Å². The number of ether oxygens (including phenoxy) is 1. The third-order valence-electron chi connectivity index (χ3n) is 6.04. The highest BCUT2D eigenvalue weighted by Crippen LogP contribution is 2.34. The summed E-state index contributed by atoms with van der Waals surface area (Å²) in [4.78, 5) is 4.80. The number of aromatic amines is 1. The molecule has 6 nitrogen and oxygen atoms in total. The molecule has 5 rings (SSSR count). The molecule has 6 heteroatoms. The molecule has 0 fully saturated rings. The lowest BCUT2D eigenvalue weighted by atomic mass is 9.86. The summed E-state index contributed by atoms with van der Waals surface area (Å²) in [6, 6.07) is 23.9. The van der Waals surface area contributed by atoms with Crippen LogP contribution in [0.4, 0.5) is 0 Å². The normalized spacial score (nSPS) is 11.8. The molecule has 0 saturated carbocycles. The predicted octanol–water partition coefficient (Wildman–Crippen LogP) is 6.23. The van der Waals surface area contributed by atoms with Crippen molar-refractivity contribution in [1.29, 1.82) is 0 Å². The molecule has 2 heterocycles. The summed E-state index contributed by atoms with van der Waals surface area (Å²) in [7, 11) is 0. The van der Waals surface area contributed by atoms with E-state index < -0.39 is 0 Å². The zero-order chi connectivity index (χ0) is 23.7. The monoisotopic (exact) mass is 451 g/mol. The molecule has 34 heavy (non-hydrogen) atoms. The first kappa shape index (κ1) is 21.9. The molecule has 3 aromatic carbocycles. The second-order valence-electron chi connectivity index (χ2n) is 9.43. The van der Waals surface area contributed by atoms with E-state index in [0.717, 1.165) is 33.4 Å². The number of H-pyrrole nitrogens is 1. The zero-order valence-electron chi connectivity index (χ0n) is 20.0. The van der Waals surface area contributed by atoms with Crippen molar-refractivity contribution in [2.24, 2.45) is 0 Å². The molecule has 0 saturated heterocycles. The Labute approximate surface area is 199 Å². The van der Waals surface area contributed by atoms with Crippen LogP contribution in [0, 0.1) is 0 Å². The van der Waals surface area contributed by atoms with E-state index in [2.05, 4.69) is 95.3 Å². The van der Waals surface area contributed by atoms with Gasteiger partial charge in [-0.05, 0) is 40.7 Å². The lowest BCUT2D eigenvalue weighted by Crippen LogP contribution is -2.14. The predicted molar refractivity (Wildman–Crippen MR) is 136 cm³/mol. The van der Waals surface area contributed by atoms with E-state index in [1.807, 2.05) is 19.1 Å². The molecule has 0 aliphatic heterocycles. The Kier molecular flexibility index (Phi) is 5.65. The first-order valence-corrected chi connectivity index (χ1v) is 11.6. The van der Waals surface area contributed by atoms with Gasteiger partial charge in [0.1, 0.15) is 5.69 Å². The smallest absolute Gasteiger partial charge is 0.297 e. The lowest BCUT2D eigenvalue weighted by molar-refractivity contribution is 0.301. The summed E-state index contributed by atoms with van der Waals surface area (Å²) in [5.41, 5.74) is 8.70. The molecule has 0 atom stereocenters. The molecule has 172 valence electrons. The second kappa shape index (κ2) is 8.78. The van der Waals surface area contributed by atoms with Crippen LogP contribution in [0.25, 0.3) is 33.4 Å². The van der Waals surface area contributed by atoms with Crippen LogP contribution < -0.4 is 4.74 Å². The van der Waals surface area contributed by atoms with Gasteiger partial charge in [-0.2, -0.15) is 20.4 Å². The molecule has 0 amide bonds. The van der Waals surface area contributed by atoms with E-state index in [4.69, 9.17) is 9.72 Å². The van der Waals surface area contributed by atoms with Gasteiger partial charge in [-0.25, -0.2) is 0 Å². The maximum Gasteiger partial charge on any atom is 0.297 e. The van der Waals surface area contributed by atoms with Crippen molar-refractivity contribution in [2.45, 2.75) is 39.7 Å². The third-order valence-corrected chi connectivity index (χ3v) is 6.04. The molecular formula is C28H29N5O. The minimum Gasteiger partial charge on any atom is -0.465 e. The maximum atomic E-state index is 5.95. The summed E-state index contributed by atoms with van der Waals surface area (Å²) in [5.74, 6) is 0. The van der Waals surface area contributed by atoms with Gasteiger partial charge >= 0.3 is 0 Å². The van der Waals surface area contributed by atoms with Gasteiger partial charge in [-0.15, -0.1) is 0 Å². The lowest BCUT2D eigenvalue weighted by Gasteiger charge is -2.21. The van der Waals surface area contributed by atoms with Gasteiger partial charge in [0.2, 0.25) is 0 Å². The van der Waals surface area contributed by atoms with Crippen LogP contribution >= 0.6 is 0 Å². The fourth-order valence-electron chi connectivity index (χ4n) is 4.42. The van der Waals surface area contributed by atoms with E-state index in [1.165, 1.54) is 11.1 Å². The molecule has 0 aliphatic carbocycles. The molecule has 0 unspecified atom stereocenters. The average molecular weight is 452 g/mol. The fraction of sp³-hybridized carbons (Fsp3) is 0.250. The van der Waals surface area contributed by atoms with Gasteiger partial charge in [-0.3, -0.25) is 4.57 Å². The molecule has 0 aliphatic rings. The van der Waals surface area contributed by atoms with Gasteiger partial charge in [0.05, 0.1) is 30.4 Å². The SMILES string of the molecule is CCOc1nc2cccc(C(C)(C)C)c2n1Cc1ccc(-c2ccccc2-c2cn[nH]n2)cc1. The number of hydrogen-bond donors (Lipinski definition) is 1. The number of nitrogens with one attached hydrogen (secondary N) is 1. The Morgan fingerprint density at radius 2 is 1.68 bits per heavy atom. The van der Waals surface area contributed by atoms with E-state index in [9.17, 15) is 0 Å². The zero-order valence-corrected chi connectivity index (χ0v) is 20.0. The molecule has 5 aromatic rings. The maximum absolute atomic E-state index is 5.95. The van der Waals surface area contributed by atoms with E-state index >= 15 is 0 Å². The minimum absolute atomic E-state index is 0.00450. The third kappa shape index (κ3) is 4.07. The highest BCUT2D eigenvalue weighted by molar-refractivity contribution is 5.82. The molecule has 2 aromatic heterocycles. The van der Waals surface area contributed by atoms with Crippen molar-refractivity contribution in [3.63, 3.8) is 0 Å². The van der Waals surface area contributed by atoms with Gasteiger partial charge in [0.15, 0.2) is 0 Å². The molecule has 1 N–H and O–H groups in total. The molecule has 0 bridgehead atoms. The van der Waals surface area contributed by atoms with Crippen LogP contribution in [0.3, 0.4) is 0 Å². The van der Waals surface area contributed by atoms with Crippen molar-refractivity contribution in [1.82, 2.24) is 25.0 Å². The number of rotatable bonds is 6. The largest absolute Gasteiger partial charge is 0.465 e. The number of fused-ring (bicyclic) bond motifs is 1. The first-order valence-electron chi connectivity index (χ1n) is 11.6.